The van der Waals surface area contributed by atoms with Crippen molar-refractivity contribution in [3.8, 4) is 5.75 Å². The molecule has 1 N–H and O–H groups in total. The van der Waals surface area contributed by atoms with Gasteiger partial charge in [0, 0.05) is 16.1 Å². The Morgan fingerprint density at radius 1 is 0.966 bits per heavy atom. The van der Waals surface area contributed by atoms with Crippen molar-refractivity contribution in [1.82, 2.24) is 5.32 Å². The van der Waals surface area contributed by atoms with Gasteiger partial charge in [-0.3, -0.25) is 4.79 Å². The molecule has 3 nitrogen and oxygen atoms in total. The minimum Gasteiger partial charge on any atom is -0.489 e. The average molecular weight is 408 g/mol. The van der Waals surface area contributed by atoms with E-state index in [1.807, 2.05) is 43.3 Å². The van der Waals surface area contributed by atoms with Gasteiger partial charge in [0.05, 0.1) is 6.04 Å². The Morgan fingerprint density at radius 2 is 1.69 bits per heavy atom. The molecule has 0 heterocycles. The number of nitrogens with one attached hydrogen (secondary N) is 1. The Kier molecular flexibility index (Phi) is 6.60. The Hall–Kier alpha value is -2.78. The van der Waals surface area contributed by atoms with Crippen molar-refractivity contribution in [3.05, 3.63) is 99.1 Å². The van der Waals surface area contributed by atoms with Gasteiger partial charge in [-0.1, -0.05) is 48.0 Å². The lowest BCUT2D eigenvalue weighted by atomic mass is 9.96. The summed E-state index contributed by atoms with van der Waals surface area (Å²) in [4.78, 5) is 12.8. The van der Waals surface area contributed by atoms with Crippen LogP contribution in [0.25, 0.3) is 0 Å². The fraction of sp³-hybridized carbons (Fsp3) is 0.240. The van der Waals surface area contributed by atoms with Crippen molar-refractivity contribution in [1.29, 1.82) is 0 Å². The smallest absolute Gasteiger partial charge is 0.251 e. The molecule has 1 atom stereocenters. The van der Waals surface area contributed by atoms with Gasteiger partial charge in [0.25, 0.3) is 5.91 Å². The van der Waals surface area contributed by atoms with E-state index >= 15 is 0 Å². The lowest BCUT2D eigenvalue weighted by molar-refractivity contribution is 0.0939. The molecule has 0 saturated heterocycles. The lowest BCUT2D eigenvalue weighted by Gasteiger charge is -2.19. The summed E-state index contributed by atoms with van der Waals surface area (Å²) in [6, 6.07) is 19.0. The van der Waals surface area contributed by atoms with E-state index in [0.717, 1.165) is 11.1 Å². The summed E-state index contributed by atoms with van der Waals surface area (Å²) in [6.07, 6.45) is 0. The van der Waals surface area contributed by atoms with Gasteiger partial charge in [0.2, 0.25) is 0 Å². The van der Waals surface area contributed by atoms with Gasteiger partial charge in [-0.2, -0.15) is 0 Å². The second-order valence-electron chi connectivity index (χ2n) is 7.40. The number of carbonyl (C=O) groups is 1. The van der Waals surface area contributed by atoms with Gasteiger partial charge in [-0.25, -0.2) is 0 Å². The minimum atomic E-state index is -0.127. The van der Waals surface area contributed by atoms with Gasteiger partial charge in [-0.05, 0) is 74.2 Å². The number of benzene rings is 3. The Balaban J connectivity index is 1.69. The van der Waals surface area contributed by atoms with E-state index in [-0.39, 0.29) is 11.9 Å². The second-order valence-corrected chi connectivity index (χ2v) is 7.80. The number of rotatable bonds is 6. The zero-order valence-electron chi connectivity index (χ0n) is 17.3. The first-order chi connectivity index (χ1) is 13.8. The molecular formula is C25H26ClNO2. The van der Waals surface area contributed by atoms with E-state index in [9.17, 15) is 4.79 Å². The summed E-state index contributed by atoms with van der Waals surface area (Å²) in [5, 5.41) is 3.76. The lowest BCUT2D eigenvalue weighted by Crippen LogP contribution is -2.27. The van der Waals surface area contributed by atoms with Crippen molar-refractivity contribution >= 4 is 17.5 Å². The van der Waals surface area contributed by atoms with E-state index in [4.69, 9.17) is 16.3 Å². The highest BCUT2D eigenvalue weighted by Gasteiger charge is 2.15. The first-order valence-electron chi connectivity index (χ1n) is 9.70. The SMILES string of the molecule is Cc1cc(C)c([C@@H](C)NC(=O)c2cccc(OCc3ccccc3Cl)c2)cc1C. The topological polar surface area (TPSA) is 38.3 Å². The number of aryl methyl sites for hydroxylation is 3. The summed E-state index contributed by atoms with van der Waals surface area (Å²) in [7, 11) is 0. The molecule has 4 heteroatoms. The zero-order chi connectivity index (χ0) is 21.0. The van der Waals surface area contributed by atoms with E-state index in [1.54, 1.807) is 12.1 Å². The van der Waals surface area contributed by atoms with Crippen LogP contribution in [0, 0.1) is 20.8 Å². The molecule has 0 aliphatic carbocycles. The van der Waals surface area contributed by atoms with Gasteiger partial charge in [0.15, 0.2) is 0 Å². The molecule has 0 radical (unpaired) electrons. The summed E-state index contributed by atoms with van der Waals surface area (Å²) in [5.41, 5.74) is 6.26. The predicted octanol–water partition coefficient (Wildman–Crippen LogP) is 6.34. The van der Waals surface area contributed by atoms with Crippen molar-refractivity contribution in [2.45, 2.75) is 40.3 Å². The van der Waals surface area contributed by atoms with E-state index in [2.05, 4.69) is 38.2 Å². The molecule has 3 aromatic carbocycles. The van der Waals surface area contributed by atoms with E-state index in [1.165, 1.54) is 16.7 Å². The number of ether oxygens (including phenoxy) is 1. The van der Waals surface area contributed by atoms with Crippen LogP contribution in [0.5, 0.6) is 5.75 Å². The van der Waals surface area contributed by atoms with Crippen LogP contribution in [-0.4, -0.2) is 5.91 Å². The summed E-state index contributed by atoms with van der Waals surface area (Å²) in [6.45, 7) is 8.62. The van der Waals surface area contributed by atoms with Crippen LogP contribution in [0.1, 0.15) is 51.1 Å². The largest absolute Gasteiger partial charge is 0.489 e. The summed E-state index contributed by atoms with van der Waals surface area (Å²) in [5.74, 6) is 0.505. The molecule has 29 heavy (non-hydrogen) atoms. The van der Waals surface area contributed by atoms with E-state index < -0.39 is 0 Å². The number of carbonyl (C=O) groups excluding carboxylic acids is 1. The summed E-state index contributed by atoms with van der Waals surface area (Å²) >= 11 is 6.18. The molecule has 0 saturated carbocycles. The molecule has 0 aromatic heterocycles. The molecule has 0 unspecified atom stereocenters. The number of hydrogen-bond donors (Lipinski definition) is 1. The third-order valence-electron chi connectivity index (χ3n) is 5.14. The summed E-state index contributed by atoms with van der Waals surface area (Å²) < 4.78 is 5.84. The molecule has 0 aliphatic rings. The highest BCUT2D eigenvalue weighted by atomic mass is 35.5. The molecule has 1 amide bonds. The van der Waals surface area contributed by atoms with E-state index in [0.29, 0.717) is 22.9 Å². The predicted molar refractivity (Wildman–Crippen MR) is 119 cm³/mol. The molecule has 0 spiro atoms. The second kappa shape index (κ2) is 9.15. The standard InChI is InChI=1S/C25H26ClNO2/c1-16-12-18(3)23(13-17(16)2)19(4)27-25(28)20-9-7-10-22(14-20)29-15-21-8-5-6-11-24(21)26/h5-14,19H,15H2,1-4H3,(H,27,28)/t19-/m1/s1. The molecule has 0 bridgehead atoms. The number of amides is 1. The maximum Gasteiger partial charge on any atom is 0.251 e. The number of hydrogen-bond acceptors (Lipinski definition) is 2. The maximum atomic E-state index is 12.8. The molecule has 3 rings (SSSR count). The molecule has 3 aromatic rings. The van der Waals surface area contributed by atoms with Crippen molar-refractivity contribution in [3.63, 3.8) is 0 Å². The first-order valence-corrected chi connectivity index (χ1v) is 10.1. The monoisotopic (exact) mass is 407 g/mol. The zero-order valence-corrected chi connectivity index (χ0v) is 18.0. The van der Waals surface area contributed by atoms with Crippen molar-refractivity contribution < 1.29 is 9.53 Å². The normalized spacial score (nSPS) is 11.8. The van der Waals surface area contributed by atoms with Crippen LogP contribution in [-0.2, 0) is 6.61 Å². The van der Waals surface area contributed by atoms with Gasteiger partial charge < -0.3 is 10.1 Å². The number of halogens is 1. The fourth-order valence-electron chi connectivity index (χ4n) is 3.31. The van der Waals surface area contributed by atoms with Crippen molar-refractivity contribution in [2.24, 2.45) is 0 Å². The highest BCUT2D eigenvalue weighted by Crippen LogP contribution is 2.23. The minimum absolute atomic E-state index is 0.0884. The fourth-order valence-corrected chi connectivity index (χ4v) is 3.50. The molecular weight excluding hydrogens is 382 g/mol. The van der Waals surface area contributed by atoms with Crippen LogP contribution in [0.3, 0.4) is 0 Å². The highest BCUT2D eigenvalue weighted by molar-refractivity contribution is 6.31. The van der Waals surface area contributed by atoms with Crippen LogP contribution in [0.2, 0.25) is 5.02 Å². The first kappa shape index (κ1) is 20.9. The quantitative estimate of drug-likeness (QED) is 0.518. The van der Waals surface area contributed by atoms with Crippen LogP contribution in [0.15, 0.2) is 60.7 Å². The maximum absolute atomic E-state index is 12.8. The van der Waals surface area contributed by atoms with Gasteiger partial charge in [0.1, 0.15) is 12.4 Å². The third-order valence-corrected chi connectivity index (χ3v) is 5.51. The van der Waals surface area contributed by atoms with Crippen LogP contribution >= 0.6 is 11.6 Å². The Morgan fingerprint density at radius 3 is 2.45 bits per heavy atom. The average Bonchev–Trinajstić information content (AvgIpc) is 2.70. The molecule has 0 aliphatic heterocycles. The third kappa shape index (κ3) is 5.18. The Bertz CT molecular complexity index is 1030. The van der Waals surface area contributed by atoms with Crippen molar-refractivity contribution in [2.75, 3.05) is 0 Å². The van der Waals surface area contributed by atoms with Gasteiger partial charge in [-0.15, -0.1) is 0 Å². The van der Waals surface area contributed by atoms with Crippen LogP contribution in [0.4, 0.5) is 0 Å². The van der Waals surface area contributed by atoms with Crippen LogP contribution < -0.4 is 10.1 Å². The molecule has 0 fully saturated rings. The Labute approximate surface area is 177 Å². The molecule has 150 valence electrons. The van der Waals surface area contributed by atoms with Gasteiger partial charge >= 0.3 is 0 Å².